The number of hydrogen-bond donors (Lipinski definition) is 0. The first-order valence-corrected chi connectivity index (χ1v) is 9.47. The summed E-state index contributed by atoms with van der Waals surface area (Å²) in [5.41, 5.74) is 2.67. The Balaban J connectivity index is 1.61. The van der Waals surface area contributed by atoms with Gasteiger partial charge in [0.1, 0.15) is 0 Å². The molecule has 0 saturated carbocycles. The van der Waals surface area contributed by atoms with Crippen LogP contribution in [-0.2, 0) is 0 Å². The monoisotopic (exact) mass is 544 g/mol. The molecule has 1 unspecified atom stereocenters. The molecular weight excluding hydrogens is 526 g/mol. The summed E-state index contributed by atoms with van der Waals surface area (Å²) in [7, 11) is 3.44. The predicted molar refractivity (Wildman–Crippen MR) is 84.1 cm³/mol. The molecule has 1 atom stereocenters. The SMILES string of the molecule is COc1ccc(N2CCN3c4ccc(OC)c[c]4[Lr][CH]23)cc1. The van der Waals surface area contributed by atoms with Gasteiger partial charge in [0.15, 0.2) is 0 Å². The van der Waals surface area contributed by atoms with E-state index >= 15 is 0 Å². The van der Waals surface area contributed by atoms with Gasteiger partial charge < -0.3 is 0 Å². The number of anilines is 2. The van der Waals surface area contributed by atoms with E-state index < -0.39 is 0 Å². The van der Waals surface area contributed by atoms with Gasteiger partial charge in [-0.15, -0.1) is 0 Å². The van der Waals surface area contributed by atoms with Crippen LogP contribution in [0.5, 0.6) is 11.5 Å². The Morgan fingerprint density at radius 3 is 2.32 bits per heavy atom. The fraction of sp³-hybridized carbons (Fsp3) is 0.294. The molecule has 2 aliphatic heterocycles. The molecule has 4 rings (SSSR count). The molecule has 2 aromatic carbocycles. The molecule has 4 nitrogen and oxygen atoms in total. The zero-order valence-electron chi connectivity index (χ0n) is 12.5. The second-order valence-electron chi connectivity index (χ2n) is 5.16. The van der Waals surface area contributed by atoms with Crippen molar-refractivity contribution in [3.8, 4) is 11.5 Å². The van der Waals surface area contributed by atoms with E-state index in [0.717, 1.165) is 24.6 Å². The van der Waals surface area contributed by atoms with Crippen molar-refractivity contribution in [2.45, 2.75) is 6.67 Å². The fourth-order valence-corrected chi connectivity index (χ4v) is 6.54. The second kappa shape index (κ2) is 4.58. The molecule has 0 spiro atoms. The Hall–Kier alpha value is -3.36. The van der Waals surface area contributed by atoms with Gasteiger partial charge in [0.2, 0.25) is 0 Å². The molecule has 2 aliphatic rings. The third-order valence-electron chi connectivity index (χ3n) is 3.99. The van der Waals surface area contributed by atoms with Gasteiger partial charge in [0.25, 0.3) is 0 Å². The van der Waals surface area contributed by atoms with Gasteiger partial charge in [-0.25, -0.2) is 0 Å². The number of benzene rings is 2. The molecular formula is C17H18LrN2O2. The van der Waals surface area contributed by atoms with E-state index in [-0.39, 0.29) is 0 Å². The van der Waals surface area contributed by atoms with E-state index in [9.17, 15) is 0 Å². The Bertz CT molecular complexity index is 690. The minimum absolute atomic E-state index is 0.0520. The minimum atomic E-state index is 0.0520. The van der Waals surface area contributed by atoms with E-state index in [0.29, 0.717) is 6.67 Å². The summed E-state index contributed by atoms with van der Waals surface area (Å²) in [5.74, 6) is 1.87. The van der Waals surface area contributed by atoms with Gasteiger partial charge in [-0.05, 0) is 0 Å². The molecule has 5 heteroatoms. The summed E-state index contributed by atoms with van der Waals surface area (Å²) in [4.78, 5) is 5.06. The van der Waals surface area contributed by atoms with Crippen LogP contribution < -0.4 is 25.3 Å². The Labute approximate surface area is 125 Å². The maximum absolute atomic E-state index is 5.37. The summed E-state index contributed by atoms with van der Waals surface area (Å²) in [6.07, 6.45) is 0. The van der Waals surface area contributed by atoms with E-state index in [1.54, 1.807) is 14.2 Å². The zero-order valence-corrected chi connectivity index (χ0v) is 14.7. The molecule has 0 aromatic heterocycles. The quantitative estimate of drug-likeness (QED) is 0.591. The Morgan fingerprint density at radius 2 is 1.59 bits per heavy atom. The molecule has 123 valence electrons. The average molecular weight is 544 g/mol. The van der Waals surface area contributed by atoms with Crippen LogP contribution in [0.3, 0.4) is 0 Å². The number of methoxy groups -OCH3 is 2. The molecule has 1 fully saturated rings. The van der Waals surface area contributed by atoms with Crippen LogP contribution in [0, 0.1) is 0 Å². The van der Waals surface area contributed by atoms with E-state index in [2.05, 4.69) is 40.1 Å². The van der Waals surface area contributed by atoms with Crippen molar-refractivity contribution in [1.82, 2.24) is 0 Å². The second-order valence-corrected chi connectivity index (χ2v) is 8.05. The number of nitrogens with zero attached hydrogens (tertiary/aromatic N) is 2. The summed E-state index contributed by atoms with van der Waals surface area (Å²) >= 11 is 0. The molecule has 0 N–H and O–H groups in total. The summed E-state index contributed by atoms with van der Waals surface area (Å²) in [6, 6.07) is 16.4. The van der Waals surface area contributed by atoms with Crippen molar-refractivity contribution < 1.29 is 9.47 Å². The van der Waals surface area contributed by atoms with Crippen LogP contribution in [0.4, 0.5) is 11.4 Å². The molecule has 1 saturated heterocycles. The number of fused-ring (bicyclic) bond motifs is 3. The molecule has 0 aliphatic carbocycles. The topological polar surface area (TPSA) is 24.9 Å². The predicted octanol–water partition coefficient (Wildman–Crippen LogP) is 2.04. The average Bonchev–Trinajstić information content (AvgIpc) is 3.13. The van der Waals surface area contributed by atoms with Crippen molar-refractivity contribution in [3.05, 3.63) is 42.5 Å². The van der Waals surface area contributed by atoms with Crippen LogP contribution in [0.15, 0.2) is 42.5 Å². The van der Waals surface area contributed by atoms with Crippen molar-refractivity contribution in [2.75, 3.05) is 37.1 Å². The number of rotatable bonds is 3. The first-order chi connectivity index (χ1) is 10.8. The van der Waals surface area contributed by atoms with Gasteiger partial charge in [-0.1, -0.05) is 0 Å². The van der Waals surface area contributed by atoms with Crippen molar-refractivity contribution in [3.63, 3.8) is 0 Å². The van der Waals surface area contributed by atoms with Crippen LogP contribution in [0.2, 0.25) is 0 Å². The van der Waals surface area contributed by atoms with Gasteiger partial charge >= 0.3 is 125 Å². The molecule has 0 bridgehead atoms. The van der Waals surface area contributed by atoms with Gasteiger partial charge in [-0.3, -0.25) is 0 Å². The molecule has 0 amide bonds. The Kier molecular flexibility index (Phi) is 2.58. The normalized spacial score (nSPS) is 18.4. The summed E-state index contributed by atoms with van der Waals surface area (Å²) < 4.78 is 10.7. The molecule has 0 radical (unpaired) electrons. The van der Waals surface area contributed by atoms with Crippen molar-refractivity contribution >= 4 is 17.4 Å². The van der Waals surface area contributed by atoms with Crippen LogP contribution >= 0.6 is 0 Å². The third kappa shape index (κ3) is 1.72. The Morgan fingerprint density at radius 1 is 0.909 bits per heavy atom. The van der Waals surface area contributed by atoms with Crippen molar-refractivity contribution in [1.29, 1.82) is 0 Å². The van der Waals surface area contributed by atoms with Crippen LogP contribution in [-0.4, -0.2) is 34.0 Å². The van der Waals surface area contributed by atoms with E-state index in [4.69, 9.17) is 9.47 Å². The van der Waals surface area contributed by atoms with Crippen molar-refractivity contribution in [2.24, 2.45) is 0 Å². The third-order valence-corrected chi connectivity index (χ3v) is 7.41. The van der Waals surface area contributed by atoms with E-state index in [1.165, 1.54) is 17.4 Å². The maximum atomic E-state index is 5.37. The number of hydrogen-bond acceptors (Lipinski definition) is 4. The fourth-order valence-electron chi connectivity index (χ4n) is 2.81. The first-order valence-electron chi connectivity index (χ1n) is 7.16. The summed E-state index contributed by atoms with van der Waals surface area (Å²) in [6.45, 7) is 2.68. The molecule has 22 heavy (non-hydrogen) atoms. The number of ether oxygens (including phenoxy) is 2. The molecule has 2 heterocycles. The summed E-state index contributed by atoms with van der Waals surface area (Å²) in [5, 5.41) is 0. The van der Waals surface area contributed by atoms with Gasteiger partial charge in [0, 0.05) is 0 Å². The molecule has 2 aromatic rings. The van der Waals surface area contributed by atoms with E-state index in [1.807, 2.05) is 12.1 Å². The van der Waals surface area contributed by atoms with Gasteiger partial charge in [0.05, 0.1) is 0 Å². The van der Waals surface area contributed by atoms with Gasteiger partial charge in [-0.2, -0.15) is 0 Å². The zero-order chi connectivity index (χ0) is 15.1. The standard InChI is InChI=1S/C17H18N2O2.Lr/c1-20-16-7-3-14(4-8-16)18-11-12-19(13-18)15-5-9-17(21-2)10-6-15;/h3-5,7-10,13H,11-12H2,1-2H3;. The van der Waals surface area contributed by atoms with Crippen LogP contribution in [0.25, 0.3) is 0 Å². The van der Waals surface area contributed by atoms with Crippen LogP contribution in [0.1, 0.15) is 0 Å². The first kappa shape index (κ1) is 12.4.